The van der Waals surface area contributed by atoms with E-state index in [4.69, 9.17) is 0 Å². The summed E-state index contributed by atoms with van der Waals surface area (Å²) >= 11 is 0. The first kappa shape index (κ1) is 8.71. The van der Waals surface area contributed by atoms with E-state index in [0.29, 0.717) is 18.7 Å². The molecule has 0 radical (unpaired) electrons. The lowest BCUT2D eigenvalue weighted by atomic mass is 9.78. The van der Waals surface area contributed by atoms with Gasteiger partial charge in [-0.25, -0.2) is 4.39 Å². The molecule has 0 saturated carbocycles. The molecule has 0 spiro atoms. The number of amides is 1. The number of anilines is 2. The Labute approximate surface area is 86.7 Å². The highest BCUT2D eigenvalue weighted by Gasteiger charge is 2.42. The fourth-order valence-electron chi connectivity index (χ4n) is 2.57. The van der Waals surface area contributed by atoms with Crippen LogP contribution in [0.5, 0.6) is 0 Å². The van der Waals surface area contributed by atoms with Gasteiger partial charge in [0.1, 0.15) is 5.82 Å². The van der Waals surface area contributed by atoms with Gasteiger partial charge in [-0.15, -0.1) is 0 Å². The SMILES string of the molecule is CC12CNc3cc(F)cc(c31)NC(=O)C2. The van der Waals surface area contributed by atoms with Gasteiger partial charge in [0.05, 0.1) is 0 Å². The molecule has 4 heteroatoms. The summed E-state index contributed by atoms with van der Waals surface area (Å²) in [6.45, 7) is 2.73. The third-order valence-electron chi connectivity index (χ3n) is 3.20. The number of carbonyl (C=O) groups excluding carboxylic acids is 1. The quantitative estimate of drug-likeness (QED) is 0.680. The number of hydrogen-bond donors (Lipinski definition) is 2. The van der Waals surface area contributed by atoms with Crippen molar-refractivity contribution in [3.05, 3.63) is 23.5 Å². The summed E-state index contributed by atoms with van der Waals surface area (Å²) in [4.78, 5) is 11.5. The first-order chi connectivity index (χ1) is 7.08. The highest BCUT2D eigenvalue weighted by Crippen LogP contribution is 2.46. The predicted molar refractivity (Wildman–Crippen MR) is 55.5 cm³/mol. The second-order valence-electron chi connectivity index (χ2n) is 4.52. The zero-order chi connectivity index (χ0) is 10.6. The van der Waals surface area contributed by atoms with Crippen molar-refractivity contribution in [2.75, 3.05) is 17.2 Å². The summed E-state index contributed by atoms with van der Waals surface area (Å²) in [6.07, 6.45) is 0.464. The number of benzene rings is 1. The first-order valence-electron chi connectivity index (χ1n) is 4.96. The summed E-state index contributed by atoms with van der Waals surface area (Å²) in [7, 11) is 0. The largest absolute Gasteiger partial charge is 0.384 e. The van der Waals surface area contributed by atoms with Crippen molar-refractivity contribution in [1.82, 2.24) is 0 Å². The molecular formula is C11H11FN2O. The van der Waals surface area contributed by atoms with Crippen molar-refractivity contribution >= 4 is 17.3 Å². The van der Waals surface area contributed by atoms with E-state index in [-0.39, 0.29) is 17.1 Å². The Morgan fingerprint density at radius 1 is 1.40 bits per heavy atom. The van der Waals surface area contributed by atoms with Crippen molar-refractivity contribution in [2.24, 2.45) is 0 Å². The number of hydrogen-bond acceptors (Lipinski definition) is 2. The van der Waals surface area contributed by atoms with Crippen LogP contribution in [0.4, 0.5) is 15.8 Å². The van der Waals surface area contributed by atoms with Crippen molar-refractivity contribution in [3.8, 4) is 0 Å². The first-order valence-corrected chi connectivity index (χ1v) is 4.96. The molecule has 3 nitrogen and oxygen atoms in total. The normalized spacial score (nSPS) is 26.9. The molecule has 15 heavy (non-hydrogen) atoms. The van der Waals surface area contributed by atoms with Gasteiger partial charge in [-0.2, -0.15) is 0 Å². The van der Waals surface area contributed by atoms with E-state index in [1.165, 1.54) is 12.1 Å². The molecule has 2 heterocycles. The highest BCUT2D eigenvalue weighted by molar-refractivity contribution is 5.98. The van der Waals surface area contributed by atoms with Crippen LogP contribution >= 0.6 is 0 Å². The molecule has 1 aromatic carbocycles. The maximum atomic E-state index is 13.2. The third-order valence-corrected chi connectivity index (χ3v) is 3.20. The van der Waals surface area contributed by atoms with Crippen LogP contribution in [-0.2, 0) is 10.2 Å². The van der Waals surface area contributed by atoms with Crippen LogP contribution in [0.25, 0.3) is 0 Å². The van der Waals surface area contributed by atoms with Gasteiger partial charge >= 0.3 is 0 Å². The molecule has 1 atom stereocenters. The molecule has 0 saturated heterocycles. The molecule has 2 aliphatic heterocycles. The molecule has 0 aromatic heterocycles. The van der Waals surface area contributed by atoms with Gasteiger partial charge < -0.3 is 10.6 Å². The molecule has 1 unspecified atom stereocenters. The Morgan fingerprint density at radius 3 is 2.93 bits per heavy atom. The van der Waals surface area contributed by atoms with E-state index in [9.17, 15) is 9.18 Å². The topological polar surface area (TPSA) is 41.1 Å². The number of rotatable bonds is 0. The van der Waals surface area contributed by atoms with Gasteiger partial charge in [0.15, 0.2) is 0 Å². The predicted octanol–water partition coefficient (Wildman–Crippen LogP) is 1.85. The Morgan fingerprint density at radius 2 is 2.13 bits per heavy atom. The lowest BCUT2D eigenvalue weighted by Crippen LogP contribution is -2.35. The van der Waals surface area contributed by atoms with Gasteiger partial charge in [0.25, 0.3) is 0 Å². The molecule has 1 amide bonds. The van der Waals surface area contributed by atoms with Gasteiger partial charge in [-0.3, -0.25) is 4.79 Å². The molecule has 3 rings (SSSR count). The van der Waals surface area contributed by atoms with Gasteiger partial charge in [-0.05, 0) is 12.1 Å². The van der Waals surface area contributed by atoms with E-state index in [0.717, 1.165) is 11.3 Å². The zero-order valence-corrected chi connectivity index (χ0v) is 8.36. The minimum absolute atomic E-state index is 0.0368. The third kappa shape index (κ3) is 1.07. The molecule has 2 N–H and O–H groups in total. The fourth-order valence-corrected chi connectivity index (χ4v) is 2.57. The fraction of sp³-hybridized carbons (Fsp3) is 0.364. The highest BCUT2D eigenvalue weighted by atomic mass is 19.1. The summed E-state index contributed by atoms with van der Waals surface area (Å²) in [5.74, 6) is -0.354. The Kier molecular flexibility index (Phi) is 1.45. The van der Waals surface area contributed by atoms with Crippen molar-refractivity contribution in [2.45, 2.75) is 18.8 Å². The number of nitrogens with one attached hydrogen (secondary N) is 2. The lowest BCUT2D eigenvalue weighted by molar-refractivity contribution is -0.117. The van der Waals surface area contributed by atoms with Gasteiger partial charge in [0.2, 0.25) is 5.91 Å². The van der Waals surface area contributed by atoms with Crippen molar-refractivity contribution in [1.29, 1.82) is 0 Å². The summed E-state index contributed by atoms with van der Waals surface area (Å²) in [5.41, 5.74) is 2.30. The maximum Gasteiger partial charge on any atom is 0.225 e. The average molecular weight is 206 g/mol. The van der Waals surface area contributed by atoms with Crippen LogP contribution in [0.3, 0.4) is 0 Å². The van der Waals surface area contributed by atoms with Crippen LogP contribution < -0.4 is 10.6 Å². The van der Waals surface area contributed by atoms with Crippen molar-refractivity contribution in [3.63, 3.8) is 0 Å². The summed E-state index contributed by atoms with van der Waals surface area (Å²) in [6, 6.07) is 2.88. The van der Waals surface area contributed by atoms with E-state index in [2.05, 4.69) is 10.6 Å². The van der Waals surface area contributed by atoms with Gasteiger partial charge in [-0.1, -0.05) is 6.92 Å². The monoisotopic (exact) mass is 206 g/mol. The molecular weight excluding hydrogens is 195 g/mol. The summed E-state index contributed by atoms with van der Waals surface area (Å²) in [5, 5.41) is 5.87. The Bertz CT molecular complexity index is 472. The lowest BCUT2D eigenvalue weighted by Gasteiger charge is -2.30. The Balaban J connectivity index is 2.28. The van der Waals surface area contributed by atoms with Crippen LogP contribution in [0.15, 0.2) is 12.1 Å². The second-order valence-corrected chi connectivity index (χ2v) is 4.52. The molecule has 0 aliphatic carbocycles. The van der Waals surface area contributed by atoms with E-state index in [1.807, 2.05) is 6.92 Å². The molecule has 0 bridgehead atoms. The standard InChI is InChI=1S/C11H11FN2O/c1-11-4-9(15)14-8-3-6(12)2-7(10(8)11)13-5-11/h2-3,13H,4-5H2,1H3,(H,14,15). The number of carbonyl (C=O) groups is 1. The van der Waals surface area contributed by atoms with Crippen molar-refractivity contribution < 1.29 is 9.18 Å². The van der Waals surface area contributed by atoms with Crippen LogP contribution in [0, 0.1) is 5.82 Å². The summed E-state index contributed by atoms with van der Waals surface area (Å²) < 4.78 is 13.2. The van der Waals surface area contributed by atoms with E-state index >= 15 is 0 Å². The van der Waals surface area contributed by atoms with Gasteiger partial charge in [0, 0.05) is 35.3 Å². The molecule has 2 aliphatic rings. The zero-order valence-electron chi connectivity index (χ0n) is 8.36. The maximum absolute atomic E-state index is 13.2. The van der Waals surface area contributed by atoms with Crippen LogP contribution in [0.2, 0.25) is 0 Å². The molecule has 0 fully saturated rings. The second kappa shape index (κ2) is 2.51. The number of halogens is 1. The average Bonchev–Trinajstić information content (AvgIpc) is 2.42. The molecule has 1 aromatic rings. The smallest absolute Gasteiger partial charge is 0.225 e. The Hall–Kier alpha value is -1.58. The van der Waals surface area contributed by atoms with Crippen LogP contribution in [-0.4, -0.2) is 12.5 Å². The van der Waals surface area contributed by atoms with E-state index < -0.39 is 0 Å². The van der Waals surface area contributed by atoms with Crippen LogP contribution in [0.1, 0.15) is 18.9 Å². The van der Waals surface area contributed by atoms with E-state index in [1.54, 1.807) is 0 Å². The minimum atomic E-state index is -0.317. The molecule has 78 valence electrons. The minimum Gasteiger partial charge on any atom is -0.384 e.